The van der Waals surface area contributed by atoms with E-state index in [-0.39, 0.29) is 22.3 Å². The number of carbonyl (C=O) groups is 1. The molecule has 2 aromatic heterocycles. The summed E-state index contributed by atoms with van der Waals surface area (Å²) in [5.74, 6) is 1.08. The van der Waals surface area contributed by atoms with Gasteiger partial charge >= 0.3 is 0 Å². The quantitative estimate of drug-likeness (QED) is 0.374. The van der Waals surface area contributed by atoms with Crippen molar-refractivity contribution >= 4 is 33.3 Å². The fraction of sp³-hybridized carbons (Fsp3) is 0.280. The lowest BCUT2D eigenvalue weighted by atomic mass is 9.97. The molecule has 35 heavy (non-hydrogen) atoms. The number of aryl methyl sites for hydroxylation is 1. The molecular formula is C25H23N3O6S. The maximum Gasteiger partial charge on any atom is 0.297 e. The Morgan fingerprint density at radius 2 is 1.83 bits per heavy atom. The van der Waals surface area contributed by atoms with E-state index in [1.165, 1.54) is 23.3 Å². The van der Waals surface area contributed by atoms with Crippen molar-refractivity contribution in [3.8, 4) is 17.2 Å². The first kappa shape index (κ1) is 22.9. The SMILES string of the molecule is CCOc1ccc2c(=O)c3c(oc2c1)C(=O)N(c1nnc(CC)s1)C3c1cc(OC)ccc1OC. The number of amides is 1. The minimum atomic E-state index is -0.840. The molecular weight excluding hydrogens is 470 g/mol. The molecule has 180 valence electrons. The van der Waals surface area contributed by atoms with Crippen LogP contribution in [-0.4, -0.2) is 36.9 Å². The molecule has 1 amide bonds. The molecule has 5 rings (SSSR count). The number of anilines is 1. The molecule has 1 atom stereocenters. The number of benzene rings is 2. The summed E-state index contributed by atoms with van der Waals surface area (Å²) in [6.45, 7) is 4.28. The summed E-state index contributed by atoms with van der Waals surface area (Å²) in [7, 11) is 3.08. The van der Waals surface area contributed by atoms with Crippen LogP contribution in [0.3, 0.4) is 0 Å². The van der Waals surface area contributed by atoms with Crippen molar-refractivity contribution in [2.75, 3.05) is 25.7 Å². The molecule has 1 aliphatic rings. The van der Waals surface area contributed by atoms with Gasteiger partial charge in [0.25, 0.3) is 5.91 Å². The number of rotatable bonds is 7. The number of ether oxygens (including phenoxy) is 3. The third kappa shape index (κ3) is 3.70. The topological polar surface area (TPSA) is 104 Å². The normalized spacial score (nSPS) is 14.9. The van der Waals surface area contributed by atoms with Crippen LogP contribution >= 0.6 is 11.3 Å². The van der Waals surface area contributed by atoms with Crippen LogP contribution in [0.1, 0.15) is 46.6 Å². The Labute approximate surface area is 204 Å². The lowest BCUT2D eigenvalue weighted by molar-refractivity contribution is 0.0970. The highest BCUT2D eigenvalue weighted by atomic mass is 32.1. The van der Waals surface area contributed by atoms with Crippen LogP contribution in [0.4, 0.5) is 5.13 Å². The van der Waals surface area contributed by atoms with Crippen LogP contribution in [0.25, 0.3) is 11.0 Å². The largest absolute Gasteiger partial charge is 0.497 e. The fourth-order valence-corrected chi connectivity index (χ4v) is 5.04. The van der Waals surface area contributed by atoms with Gasteiger partial charge in [0.2, 0.25) is 10.9 Å². The van der Waals surface area contributed by atoms with E-state index in [1.54, 1.807) is 43.5 Å². The highest BCUT2D eigenvalue weighted by molar-refractivity contribution is 7.15. The zero-order chi connectivity index (χ0) is 24.7. The Balaban J connectivity index is 1.80. The number of aromatic nitrogens is 2. The number of methoxy groups -OCH3 is 2. The molecule has 0 saturated carbocycles. The zero-order valence-corrected chi connectivity index (χ0v) is 20.5. The predicted octanol–water partition coefficient (Wildman–Crippen LogP) is 4.37. The van der Waals surface area contributed by atoms with Crippen molar-refractivity contribution in [1.82, 2.24) is 10.2 Å². The molecule has 2 aromatic carbocycles. The van der Waals surface area contributed by atoms with Crippen LogP contribution in [0.2, 0.25) is 0 Å². The van der Waals surface area contributed by atoms with Crippen molar-refractivity contribution < 1.29 is 23.4 Å². The summed E-state index contributed by atoms with van der Waals surface area (Å²) in [6.07, 6.45) is 0.668. The van der Waals surface area contributed by atoms with Gasteiger partial charge in [-0.15, -0.1) is 10.2 Å². The van der Waals surface area contributed by atoms with Gasteiger partial charge in [-0.3, -0.25) is 14.5 Å². The maximum atomic E-state index is 13.8. The second kappa shape index (κ2) is 9.03. The predicted molar refractivity (Wildman–Crippen MR) is 131 cm³/mol. The van der Waals surface area contributed by atoms with E-state index in [9.17, 15) is 9.59 Å². The standard InChI is InChI=1S/C25H23N3O6S/c1-5-19-26-27-25(35-19)28-21(16-11-13(31-3)8-10-17(16)32-4)20-22(29)15-9-7-14(33-6-2)12-18(15)34-23(20)24(28)30/h7-12,21H,5-6H2,1-4H3. The summed E-state index contributed by atoms with van der Waals surface area (Å²) in [6, 6.07) is 9.39. The Kier molecular flexibility index (Phi) is 5.89. The zero-order valence-electron chi connectivity index (χ0n) is 19.7. The Hall–Kier alpha value is -3.92. The molecule has 10 heteroatoms. The average Bonchev–Trinajstić information content (AvgIpc) is 3.46. The molecule has 0 aliphatic carbocycles. The monoisotopic (exact) mass is 493 g/mol. The number of nitrogens with zero attached hydrogens (tertiary/aromatic N) is 3. The van der Waals surface area contributed by atoms with Crippen molar-refractivity contribution in [1.29, 1.82) is 0 Å². The maximum absolute atomic E-state index is 13.8. The molecule has 1 aliphatic heterocycles. The van der Waals surface area contributed by atoms with E-state index in [4.69, 9.17) is 18.6 Å². The van der Waals surface area contributed by atoms with Gasteiger partial charge in [-0.25, -0.2) is 0 Å². The van der Waals surface area contributed by atoms with Crippen LogP contribution < -0.4 is 24.5 Å². The summed E-state index contributed by atoms with van der Waals surface area (Å²) < 4.78 is 22.7. The van der Waals surface area contributed by atoms with Gasteiger partial charge in [-0.2, -0.15) is 0 Å². The Morgan fingerprint density at radius 3 is 2.51 bits per heavy atom. The third-order valence-corrected chi connectivity index (χ3v) is 6.92. The van der Waals surface area contributed by atoms with Gasteiger partial charge in [0, 0.05) is 11.6 Å². The minimum Gasteiger partial charge on any atom is -0.497 e. The molecule has 0 radical (unpaired) electrons. The molecule has 0 fully saturated rings. The van der Waals surface area contributed by atoms with E-state index >= 15 is 0 Å². The van der Waals surface area contributed by atoms with Gasteiger partial charge in [0.1, 0.15) is 33.9 Å². The summed E-state index contributed by atoms with van der Waals surface area (Å²) in [5.41, 5.74) is 0.754. The molecule has 4 aromatic rings. The van der Waals surface area contributed by atoms with Crippen molar-refractivity contribution in [3.05, 3.63) is 68.5 Å². The van der Waals surface area contributed by atoms with Crippen LogP contribution in [0, 0.1) is 0 Å². The van der Waals surface area contributed by atoms with Gasteiger partial charge in [0.15, 0.2) is 5.43 Å². The highest BCUT2D eigenvalue weighted by Crippen LogP contribution is 2.45. The van der Waals surface area contributed by atoms with E-state index in [2.05, 4.69) is 10.2 Å². The molecule has 0 N–H and O–H groups in total. The van der Waals surface area contributed by atoms with Crippen LogP contribution in [0.15, 0.2) is 45.6 Å². The molecule has 1 unspecified atom stereocenters. The number of hydrogen-bond acceptors (Lipinski definition) is 9. The van der Waals surface area contributed by atoms with Gasteiger partial charge < -0.3 is 18.6 Å². The molecule has 3 heterocycles. The molecule has 9 nitrogen and oxygen atoms in total. The van der Waals surface area contributed by atoms with Gasteiger partial charge in [-0.1, -0.05) is 18.3 Å². The summed E-state index contributed by atoms with van der Waals surface area (Å²) >= 11 is 1.29. The summed E-state index contributed by atoms with van der Waals surface area (Å²) in [5, 5.41) is 9.92. The van der Waals surface area contributed by atoms with E-state index < -0.39 is 11.9 Å². The first-order valence-electron chi connectivity index (χ1n) is 11.1. The smallest absolute Gasteiger partial charge is 0.297 e. The lowest BCUT2D eigenvalue weighted by Gasteiger charge is -2.24. The highest BCUT2D eigenvalue weighted by Gasteiger charge is 2.46. The fourth-order valence-electron chi connectivity index (χ4n) is 4.24. The molecule has 0 saturated heterocycles. The van der Waals surface area contributed by atoms with Gasteiger partial charge in [-0.05, 0) is 43.7 Å². The Bertz CT molecular complexity index is 1490. The minimum absolute atomic E-state index is 0.0423. The second-order valence-corrected chi connectivity index (χ2v) is 8.82. The first-order valence-corrected chi connectivity index (χ1v) is 11.9. The second-order valence-electron chi connectivity index (χ2n) is 7.78. The molecule has 0 spiro atoms. The number of hydrogen-bond donors (Lipinski definition) is 0. The third-order valence-electron chi connectivity index (χ3n) is 5.85. The van der Waals surface area contributed by atoms with E-state index in [0.717, 1.165) is 5.01 Å². The van der Waals surface area contributed by atoms with E-state index in [1.807, 2.05) is 13.8 Å². The number of fused-ring (bicyclic) bond motifs is 2. The van der Waals surface area contributed by atoms with Crippen molar-refractivity contribution in [3.63, 3.8) is 0 Å². The van der Waals surface area contributed by atoms with Crippen LogP contribution in [-0.2, 0) is 6.42 Å². The van der Waals surface area contributed by atoms with Crippen LogP contribution in [0.5, 0.6) is 17.2 Å². The Morgan fingerprint density at radius 1 is 1.03 bits per heavy atom. The average molecular weight is 494 g/mol. The number of carbonyl (C=O) groups excluding carboxylic acids is 1. The summed E-state index contributed by atoms with van der Waals surface area (Å²) in [4.78, 5) is 29.0. The van der Waals surface area contributed by atoms with Crippen molar-refractivity contribution in [2.24, 2.45) is 0 Å². The van der Waals surface area contributed by atoms with Crippen molar-refractivity contribution in [2.45, 2.75) is 26.3 Å². The lowest BCUT2D eigenvalue weighted by Crippen LogP contribution is -2.29. The first-order chi connectivity index (χ1) is 17.0. The van der Waals surface area contributed by atoms with Gasteiger partial charge in [0.05, 0.1) is 31.8 Å². The molecule has 0 bridgehead atoms. The van der Waals surface area contributed by atoms with E-state index in [0.29, 0.717) is 46.4 Å².